The van der Waals surface area contributed by atoms with Crippen LogP contribution in [0.4, 0.5) is 5.69 Å². The summed E-state index contributed by atoms with van der Waals surface area (Å²) in [5.41, 5.74) is 7.80. The molecule has 22 heavy (non-hydrogen) atoms. The van der Waals surface area contributed by atoms with E-state index in [9.17, 15) is 9.90 Å². The van der Waals surface area contributed by atoms with E-state index in [1.807, 2.05) is 13.0 Å². The highest BCUT2D eigenvalue weighted by Crippen LogP contribution is 2.24. The Kier molecular flexibility index (Phi) is 9.36. The lowest BCUT2D eigenvalue weighted by Crippen LogP contribution is -2.33. The lowest BCUT2D eigenvalue weighted by molar-refractivity contribution is -0.124. The van der Waals surface area contributed by atoms with E-state index >= 15 is 0 Å². The highest BCUT2D eigenvalue weighted by molar-refractivity contribution is 5.85. The molecule has 1 aliphatic carbocycles. The minimum absolute atomic E-state index is 0. The van der Waals surface area contributed by atoms with Gasteiger partial charge in [0.15, 0.2) is 0 Å². The summed E-state index contributed by atoms with van der Waals surface area (Å²) in [7, 11) is 0. The molecule has 0 bridgehead atoms. The van der Waals surface area contributed by atoms with Gasteiger partial charge in [-0.05, 0) is 31.4 Å². The lowest BCUT2D eigenvalue weighted by atomic mass is 10.1. The van der Waals surface area contributed by atoms with Gasteiger partial charge in [-0.15, -0.1) is 24.8 Å². The van der Waals surface area contributed by atoms with E-state index in [-0.39, 0.29) is 42.7 Å². The number of rotatable bonds is 5. The molecule has 1 aliphatic rings. The first kappa shape index (κ1) is 20.9. The van der Waals surface area contributed by atoms with Crippen molar-refractivity contribution in [1.29, 1.82) is 0 Å². The van der Waals surface area contributed by atoms with Crippen LogP contribution >= 0.6 is 24.8 Å². The smallest absolute Gasteiger partial charge is 0.223 e. The zero-order valence-electron chi connectivity index (χ0n) is 12.5. The molecular weight excluding hydrogens is 327 g/mol. The number of anilines is 1. The van der Waals surface area contributed by atoms with Crippen LogP contribution in [0, 0.1) is 12.8 Å². The summed E-state index contributed by atoms with van der Waals surface area (Å²) in [5, 5.41) is 15.7. The van der Waals surface area contributed by atoms with Crippen LogP contribution in [0.25, 0.3) is 0 Å². The van der Waals surface area contributed by atoms with Crippen LogP contribution in [0.1, 0.15) is 18.4 Å². The third kappa shape index (κ3) is 5.61. The fourth-order valence-electron chi connectivity index (χ4n) is 2.46. The van der Waals surface area contributed by atoms with Crippen molar-refractivity contribution in [2.24, 2.45) is 11.7 Å². The van der Waals surface area contributed by atoms with Gasteiger partial charge < -0.3 is 21.5 Å². The van der Waals surface area contributed by atoms with Crippen molar-refractivity contribution in [2.75, 3.05) is 18.4 Å². The quantitative estimate of drug-likeness (QED) is 0.590. The number of nitrogens with zero attached hydrogens (tertiary/aromatic N) is 1. The van der Waals surface area contributed by atoms with Gasteiger partial charge in [0.05, 0.1) is 6.10 Å². The molecule has 0 aliphatic heterocycles. The maximum absolute atomic E-state index is 11.9. The SMILES string of the molecule is Cc1cnccc1NCCNC(=O)[C@H]1C[C@@H](N)[C@H](O)C1.Cl.Cl. The lowest BCUT2D eigenvalue weighted by Gasteiger charge is -2.12. The summed E-state index contributed by atoms with van der Waals surface area (Å²) in [4.78, 5) is 15.9. The molecule has 1 heterocycles. The average Bonchev–Trinajstić information content (AvgIpc) is 2.76. The fraction of sp³-hybridized carbons (Fsp3) is 0.571. The molecule has 5 N–H and O–H groups in total. The number of nitrogens with one attached hydrogen (secondary N) is 2. The number of pyridine rings is 1. The van der Waals surface area contributed by atoms with E-state index < -0.39 is 6.10 Å². The summed E-state index contributed by atoms with van der Waals surface area (Å²) in [5.74, 6) is -0.187. The number of carbonyl (C=O) groups is 1. The van der Waals surface area contributed by atoms with Crippen LogP contribution < -0.4 is 16.4 Å². The van der Waals surface area contributed by atoms with Gasteiger partial charge in [0.2, 0.25) is 5.91 Å². The molecule has 1 amide bonds. The Morgan fingerprint density at radius 2 is 2.14 bits per heavy atom. The Morgan fingerprint density at radius 3 is 2.73 bits per heavy atom. The van der Waals surface area contributed by atoms with Crippen molar-refractivity contribution in [3.05, 3.63) is 24.0 Å². The number of aromatic nitrogens is 1. The number of hydrogen-bond donors (Lipinski definition) is 4. The van der Waals surface area contributed by atoms with Gasteiger partial charge in [0, 0.05) is 43.1 Å². The molecule has 0 saturated heterocycles. The number of aliphatic hydroxyl groups is 1. The van der Waals surface area contributed by atoms with Crippen molar-refractivity contribution in [1.82, 2.24) is 10.3 Å². The number of nitrogens with two attached hydrogens (primary N) is 1. The van der Waals surface area contributed by atoms with Gasteiger partial charge in [-0.25, -0.2) is 0 Å². The van der Waals surface area contributed by atoms with Gasteiger partial charge in [-0.1, -0.05) is 0 Å². The van der Waals surface area contributed by atoms with Crippen LogP contribution in [0.5, 0.6) is 0 Å². The standard InChI is InChI=1S/C14H22N4O2.2ClH/c1-9-8-16-3-2-12(9)17-4-5-18-14(20)10-6-11(15)13(19)7-10;;/h2-3,8,10-11,13,19H,4-7,15H2,1H3,(H,16,17)(H,18,20);2*1H/t10-,11+,13+;;/m0../s1. The molecule has 1 aromatic heterocycles. The molecule has 6 nitrogen and oxygen atoms in total. The Balaban J connectivity index is 0.00000220. The molecule has 0 unspecified atom stereocenters. The normalized spacial score (nSPS) is 23.1. The summed E-state index contributed by atoms with van der Waals surface area (Å²) in [6.07, 6.45) is 3.99. The van der Waals surface area contributed by atoms with Gasteiger partial charge in [0.25, 0.3) is 0 Å². The molecule has 126 valence electrons. The molecule has 0 spiro atoms. The molecule has 3 atom stereocenters. The maximum atomic E-state index is 11.9. The first-order valence-corrected chi connectivity index (χ1v) is 6.93. The largest absolute Gasteiger partial charge is 0.391 e. The van der Waals surface area contributed by atoms with Gasteiger partial charge in [-0.2, -0.15) is 0 Å². The third-order valence-electron chi connectivity index (χ3n) is 3.71. The maximum Gasteiger partial charge on any atom is 0.223 e. The van der Waals surface area contributed by atoms with Crippen molar-refractivity contribution in [3.8, 4) is 0 Å². The van der Waals surface area contributed by atoms with Gasteiger partial charge >= 0.3 is 0 Å². The van der Waals surface area contributed by atoms with Gasteiger partial charge in [0.1, 0.15) is 0 Å². The molecule has 1 fully saturated rings. The molecule has 8 heteroatoms. The highest BCUT2D eigenvalue weighted by atomic mass is 35.5. The van der Waals surface area contributed by atoms with Crippen LogP contribution in [0.2, 0.25) is 0 Å². The van der Waals surface area contributed by atoms with Crippen molar-refractivity contribution in [2.45, 2.75) is 31.9 Å². The summed E-state index contributed by atoms with van der Waals surface area (Å²) in [6, 6.07) is 1.63. The molecular formula is C14H24Cl2N4O2. The van der Waals surface area contributed by atoms with Crippen LogP contribution in [-0.2, 0) is 4.79 Å². The van der Waals surface area contributed by atoms with E-state index in [1.165, 1.54) is 0 Å². The van der Waals surface area contributed by atoms with E-state index in [2.05, 4.69) is 15.6 Å². The van der Waals surface area contributed by atoms with Crippen molar-refractivity contribution < 1.29 is 9.90 Å². The Labute approximate surface area is 143 Å². The Hall–Kier alpha value is -1.08. The molecule has 1 aromatic rings. The zero-order valence-corrected chi connectivity index (χ0v) is 14.1. The fourth-order valence-corrected chi connectivity index (χ4v) is 2.46. The minimum Gasteiger partial charge on any atom is -0.391 e. The van der Waals surface area contributed by atoms with E-state index in [4.69, 9.17) is 5.73 Å². The predicted octanol–water partition coefficient (Wildman–Crippen LogP) is 0.860. The van der Waals surface area contributed by atoms with Crippen LogP contribution in [-0.4, -0.2) is 41.2 Å². The molecule has 0 radical (unpaired) electrons. The number of amides is 1. The second-order valence-electron chi connectivity index (χ2n) is 5.31. The second-order valence-corrected chi connectivity index (χ2v) is 5.31. The van der Waals surface area contributed by atoms with Gasteiger partial charge in [-0.3, -0.25) is 9.78 Å². The summed E-state index contributed by atoms with van der Waals surface area (Å²) < 4.78 is 0. The zero-order chi connectivity index (χ0) is 14.5. The number of carbonyl (C=O) groups excluding carboxylic acids is 1. The Morgan fingerprint density at radius 1 is 1.41 bits per heavy atom. The summed E-state index contributed by atoms with van der Waals surface area (Å²) >= 11 is 0. The monoisotopic (exact) mass is 350 g/mol. The predicted molar refractivity (Wildman–Crippen MR) is 91.7 cm³/mol. The van der Waals surface area contributed by atoms with Crippen LogP contribution in [0.15, 0.2) is 18.5 Å². The number of aliphatic hydroxyl groups excluding tert-OH is 1. The third-order valence-corrected chi connectivity index (χ3v) is 3.71. The van der Waals surface area contributed by atoms with E-state index in [0.717, 1.165) is 11.3 Å². The van der Waals surface area contributed by atoms with Crippen molar-refractivity contribution in [3.63, 3.8) is 0 Å². The van der Waals surface area contributed by atoms with Crippen LogP contribution in [0.3, 0.4) is 0 Å². The number of hydrogen-bond acceptors (Lipinski definition) is 5. The minimum atomic E-state index is -0.552. The second kappa shape index (κ2) is 9.84. The van der Waals surface area contributed by atoms with Crippen molar-refractivity contribution >= 4 is 36.4 Å². The summed E-state index contributed by atoms with van der Waals surface area (Å²) in [6.45, 7) is 3.18. The molecule has 2 rings (SSSR count). The van der Waals surface area contributed by atoms with E-state index in [1.54, 1.807) is 12.4 Å². The Bertz CT molecular complexity index is 466. The molecule has 0 aromatic carbocycles. The average molecular weight is 351 g/mol. The highest BCUT2D eigenvalue weighted by Gasteiger charge is 2.34. The molecule has 1 saturated carbocycles. The first-order chi connectivity index (χ1) is 9.58. The topological polar surface area (TPSA) is 100 Å². The first-order valence-electron chi connectivity index (χ1n) is 6.93. The van der Waals surface area contributed by atoms with E-state index in [0.29, 0.717) is 25.9 Å². The number of aryl methyl sites for hydroxylation is 1. The number of halogens is 2.